The second-order valence-corrected chi connectivity index (χ2v) is 8.24. The van der Waals surface area contributed by atoms with Crippen molar-refractivity contribution in [2.24, 2.45) is 10.3 Å². The zero-order chi connectivity index (χ0) is 23.1. The van der Waals surface area contributed by atoms with Crippen LogP contribution in [0.2, 0.25) is 0 Å². The minimum absolute atomic E-state index is 0.0625. The van der Waals surface area contributed by atoms with Gasteiger partial charge in [0.15, 0.2) is 12.1 Å². The van der Waals surface area contributed by atoms with E-state index in [1.807, 2.05) is 57.2 Å². The van der Waals surface area contributed by atoms with E-state index < -0.39 is 18.0 Å². The van der Waals surface area contributed by atoms with Crippen molar-refractivity contribution in [3.63, 3.8) is 0 Å². The summed E-state index contributed by atoms with van der Waals surface area (Å²) in [6.45, 7) is 5.92. The molecule has 2 amide bonds. The lowest BCUT2D eigenvalue weighted by atomic mass is 10.1. The van der Waals surface area contributed by atoms with Crippen LogP contribution in [0.4, 0.5) is 5.69 Å². The average Bonchev–Trinajstić information content (AvgIpc) is 3.48. The van der Waals surface area contributed by atoms with Gasteiger partial charge in [-0.3, -0.25) is 14.6 Å². The number of imide groups is 1. The Kier molecular flexibility index (Phi) is 5.12. The Morgan fingerprint density at radius 2 is 1.76 bits per heavy atom. The third-order valence-electron chi connectivity index (χ3n) is 5.40. The van der Waals surface area contributed by atoms with Crippen LogP contribution < -0.4 is 9.64 Å². The van der Waals surface area contributed by atoms with Crippen molar-refractivity contribution in [3.8, 4) is 17.1 Å². The molecule has 2 aromatic carbocycles. The molecule has 0 unspecified atom stereocenters. The number of amides is 2. The number of hydrogen-bond donors (Lipinski definition) is 0. The van der Waals surface area contributed by atoms with E-state index in [0.717, 1.165) is 16.9 Å². The highest BCUT2D eigenvalue weighted by Gasteiger charge is 2.55. The normalized spacial score (nSPS) is 19.6. The molecule has 2 aliphatic rings. The zero-order valence-corrected chi connectivity index (χ0v) is 18.4. The number of anilines is 1. The summed E-state index contributed by atoms with van der Waals surface area (Å²) in [5.41, 5.74) is 2.32. The van der Waals surface area contributed by atoms with Crippen LogP contribution in [0.3, 0.4) is 0 Å². The Bertz CT molecular complexity index is 1220. The molecule has 10 nitrogen and oxygen atoms in total. The van der Waals surface area contributed by atoms with Gasteiger partial charge >= 0.3 is 0 Å². The van der Waals surface area contributed by atoms with Gasteiger partial charge in [0.2, 0.25) is 11.7 Å². The highest BCUT2D eigenvalue weighted by molar-refractivity contribution is 6.25. The third kappa shape index (κ3) is 3.84. The van der Waals surface area contributed by atoms with Crippen molar-refractivity contribution in [2.75, 3.05) is 4.90 Å². The summed E-state index contributed by atoms with van der Waals surface area (Å²) in [6.07, 6.45) is 0.0817. The van der Waals surface area contributed by atoms with E-state index in [0.29, 0.717) is 11.5 Å². The molecule has 33 heavy (non-hydrogen) atoms. The summed E-state index contributed by atoms with van der Waals surface area (Å²) < 4.78 is 11.0. The number of nitrogens with zero attached hydrogens (tertiary/aromatic N) is 6. The number of rotatable bonds is 6. The predicted octanol–water partition coefficient (Wildman–Crippen LogP) is 3.33. The second-order valence-electron chi connectivity index (χ2n) is 8.24. The van der Waals surface area contributed by atoms with E-state index in [9.17, 15) is 9.59 Å². The number of aryl methyl sites for hydroxylation is 1. The highest BCUT2D eigenvalue weighted by atomic mass is 16.5. The maximum absolute atomic E-state index is 13.1. The van der Waals surface area contributed by atoms with Crippen molar-refractivity contribution in [1.29, 1.82) is 0 Å². The highest BCUT2D eigenvalue weighted by Crippen LogP contribution is 2.33. The SMILES string of the molecule is Cc1ccc(N2C(=O)[C@H]3N=NN(Cc4nc(-c5ccc(OC(C)C)cc5)no4)[C@H]3C2=O)cc1. The van der Waals surface area contributed by atoms with Gasteiger partial charge in [-0.05, 0) is 57.2 Å². The Hall–Kier alpha value is -4.08. The van der Waals surface area contributed by atoms with Crippen LogP contribution in [0.5, 0.6) is 5.75 Å². The van der Waals surface area contributed by atoms with Crippen LogP contribution in [0, 0.1) is 6.92 Å². The molecule has 2 atom stereocenters. The largest absolute Gasteiger partial charge is 0.491 e. The number of carbonyl (C=O) groups is 2. The molecule has 0 bridgehead atoms. The summed E-state index contributed by atoms with van der Waals surface area (Å²) in [4.78, 5) is 31.5. The Labute approximate surface area is 189 Å². The molecule has 0 radical (unpaired) electrons. The molecular formula is C23H22N6O4. The van der Waals surface area contributed by atoms with Gasteiger partial charge in [0.05, 0.1) is 11.8 Å². The van der Waals surface area contributed by atoms with Gasteiger partial charge < -0.3 is 9.26 Å². The first-order chi connectivity index (χ1) is 15.9. The van der Waals surface area contributed by atoms with E-state index in [4.69, 9.17) is 9.26 Å². The van der Waals surface area contributed by atoms with Gasteiger partial charge in [-0.1, -0.05) is 28.1 Å². The van der Waals surface area contributed by atoms with Crippen LogP contribution in [0.1, 0.15) is 25.3 Å². The van der Waals surface area contributed by atoms with Crippen molar-refractivity contribution in [1.82, 2.24) is 15.1 Å². The Morgan fingerprint density at radius 3 is 2.45 bits per heavy atom. The van der Waals surface area contributed by atoms with Crippen molar-refractivity contribution in [2.45, 2.75) is 45.5 Å². The minimum atomic E-state index is -0.880. The standard InChI is InChI=1S/C23H22N6O4/c1-13(2)32-17-10-6-15(7-11-17)21-24-18(33-26-21)12-28-20-19(25-27-28)22(30)29(23(20)31)16-8-4-14(3)5-9-16/h4-11,13,19-20H,12H2,1-3H3/t19-,20+/m0/s1. The van der Waals surface area contributed by atoms with Crippen LogP contribution in [-0.4, -0.2) is 45.2 Å². The van der Waals surface area contributed by atoms with Crippen molar-refractivity contribution >= 4 is 17.5 Å². The zero-order valence-electron chi connectivity index (χ0n) is 18.4. The topological polar surface area (TPSA) is 113 Å². The maximum Gasteiger partial charge on any atom is 0.263 e. The number of carbonyl (C=O) groups excluding carboxylic acids is 2. The number of ether oxygens (including phenoxy) is 1. The molecule has 0 spiro atoms. The lowest BCUT2D eigenvalue weighted by Crippen LogP contribution is -2.39. The van der Waals surface area contributed by atoms with Gasteiger partial charge in [0.1, 0.15) is 12.3 Å². The molecule has 168 valence electrons. The van der Waals surface area contributed by atoms with Gasteiger partial charge in [0, 0.05) is 5.56 Å². The van der Waals surface area contributed by atoms with E-state index in [2.05, 4.69) is 20.5 Å². The molecule has 0 N–H and O–H groups in total. The van der Waals surface area contributed by atoms with E-state index in [1.165, 1.54) is 9.91 Å². The fourth-order valence-electron chi connectivity index (χ4n) is 3.83. The summed E-state index contributed by atoms with van der Waals surface area (Å²) in [7, 11) is 0. The van der Waals surface area contributed by atoms with Gasteiger partial charge in [-0.25, -0.2) is 4.90 Å². The molecule has 1 saturated heterocycles. The van der Waals surface area contributed by atoms with Gasteiger partial charge in [0.25, 0.3) is 11.8 Å². The number of hydrogen-bond acceptors (Lipinski definition) is 9. The first-order valence-electron chi connectivity index (χ1n) is 10.6. The molecule has 1 fully saturated rings. The first kappa shape index (κ1) is 20.8. The number of fused-ring (bicyclic) bond motifs is 1. The molecular weight excluding hydrogens is 424 g/mol. The smallest absolute Gasteiger partial charge is 0.263 e. The van der Waals surface area contributed by atoms with E-state index in [1.54, 1.807) is 12.1 Å². The minimum Gasteiger partial charge on any atom is -0.491 e. The first-order valence-corrected chi connectivity index (χ1v) is 10.6. The molecule has 0 aliphatic carbocycles. The van der Waals surface area contributed by atoms with Crippen LogP contribution in [-0.2, 0) is 16.1 Å². The molecule has 0 saturated carbocycles. The quantitative estimate of drug-likeness (QED) is 0.534. The summed E-state index contributed by atoms with van der Waals surface area (Å²) in [5, 5.41) is 13.5. The number of aromatic nitrogens is 2. The van der Waals surface area contributed by atoms with E-state index in [-0.39, 0.29) is 24.4 Å². The molecule has 5 rings (SSSR count). The monoisotopic (exact) mass is 446 g/mol. The third-order valence-corrected chi connectivity index (χ3v) is 5.40. The fraction of sp³-hybridized carbons (Fsp3) is 0.304. The Balaban J connectivity index is 1.31. The summed E-state index contributed by atoms with van der Waals surface area (Å²) >= 11 is 0. The van der Waals surface area contributed by atoms with Gasteiger partial charge in [-0.15, -0.1) is 0 Å². The second kappa shape index (κ2) is 8.12. The lowest BCUT2D eigenvalue weighted by Gasteiger charge is -2.19. The molecule has 3 aromatic rings. The van der Waals surface area contributed by atoms with Crippen LogP contribution in [0.25, 0.3) is 11.4 Å². The average molecular weight is 446 g/mol. The van der Waals surface area contributed by atoms with Crippen molar-refractivity contribution < 1.29 is 18.8 Å². The molecule has 10 heteroatoms. The van der Waals surface area contributed by atoms with Crippen LogP contribution in [0.15, 0.2) is 63.4 Å². The van der Waals surface area contributed by atoms with Crippen LogP contribution >= 0.6 is 0 Å². The molecule has 2 aliphatic heterocycles. The summed E-state index contributed by atoms with van der Waals surface area (Å²) in [5.74, 6) is 0.655. The van der Waals surface area contributed by atoms with Gasteiger partial charge in [-0.2, -0.15) is 10.1 Å². The van der Waals surface area contributed by atoms with Crippen molar-refractivity contribution in [3.05, 3.63) is 60.0 Å². The lowest BCUT2D eigenvalue weighted by molar-refractivity contribution is -0.123. The summed E-state index contributed by atoms with van der Waals surface area (Å²) in [6, 6.07) is 12.9. The molecule has 3 heterocycles. The maximum atomic E-state index is 13.1. The predicted molar refractivity (Wildman–Crippen MR) is 117 cm³/mol. The molecule has 1 aromatic heterocycles. The van der Waals surface area contributed by atoms with E-state index >= 15 is 0 Å². The number of benzene rings is 2. The Morgan fingerprint density at radius 1 is 1.03 bits per heavy atom. The fourth-order valence-corrected chi connectivity index (χ4v) is 3.83.